The van der Waals surface area contributed by atoms with Crippen LogP contribution in [0.2, 0.25) is 0 Å². The van der Waals surface area contributed by atoms with Crippen molar-refractivity contribution in [2.24, 2.45) is 0 Å². The van der Waals surface area contributed by atoms with Gasteiger partial charge in [0.05, 0.1) is 11.6 Å². The summed E-state index contributed by atoms with van der Waals surface area (Å²) in [7, 11) is 0. The molecule has 0 spiro atoms. The zero-order valence-electron chi connectivity index (χ0n) is 11.8. The Morgan fingerprint density at radius 2 is 1.77 bits per heavy atom. The molecule has 4 nitrogen and oxygen atoms in total. The first-order valence-corrected chi connectivity index (χ1v) is 7.85. The third-order valence-corrected chi connectivity index (χ3v) is 4.48. The highest BCUT2D eigenvalue weighted by Gasteiger charge is 2.22. The standard InChI is InChI=1S/C15H14F2N4S/c16-12-8-11(10-18)9-13(17)14(12)20-3-1-4-21(6-5-20)15-19-2-7-22-15/h2,7-9H,1,3-6H2. The largest absolute Gasteiger partial charge is 0.365 e. The molecule has 0 unspecified atom stereocenters. The number of anilines is 2. The lowest BCUT2D eigenvalue weighted by atomic mass is 10.2. The van der Waals surface area contributed by atoms with E-state index in [0.717, 1.165) is 30.2 Å². The topological polar surface area (TPSA) is 43.2 Å². The molecule has 0 atom stereocenters. The lowest BCUT2D eigenvalue weighted by molar-refractivity contribution is 0.571. The Hall–Kier alpha value is -2.20. The lowest BCUT2D eigenvalue weighted by Crippen LogP contribution is -2.31. The number of thiazole rings is 1. The van der Waals surface area contributed by atoms with E-state index in [-0.39, 0.29) is 11.3 Å². The second-order valence-corrected chi connectivity index (χ2v) is 5.92. The van der Waals surface area contributed by atoms with Crippen LogP contribution in [0.3, 0.4) is 0 Å². The summed E-state index contributed by atoms with van der Waals surface area (Å²) in [6.45, 7) is 2.55. The van der Waals surface area contributed by atoms with Crippen molar-refractivity contribution in [3.8, 4) is 6.07 Å². The summed E-state index contributed by atoms with van der Waals surface area (Å²) >= 11 is 1.56. The molecule has 3 rings (SSSR count). The van der Waals surface area contributed by atoms with E-state index in [1.54, 1.807) is 28.5 Å². The fraction of sp³-hybridized carbons (Fsp3) is 0.333. The van der Waals surface area contributed by atoms with Crippen molar-refractivity contribution in [3.05, 3.63) is 40.9 Å². The molecule has 1 aliphatic heterocycles. The maximum absolute atomic E-state index is 14.1. The summed E-state index contributed by atoms with van der Waals surface area (Å²) in [4.78, 5) is 8.12. The smallest absolute Gasteiger partial charge is 0.185 e. The van der Waals surface area contributed by atoms with Crippen LogP contribution in [-0.4, -0.2) is 31.2 Å². The number of nitrogens with zero attached hydrogens (tertiary/aromatic N) is 4. The average Bonchev–Trinajstić information content (AvgIpc) is 2.93. The van der Waals surface area contributed by atoms with Crippen molar-refractivity contribution in [2.45, 2.75) is 6.42 Å². The van der Waals surface area contributed by atoms with Gasteiger partial charge in [-0.2, -0.15) is 5.26 Å². The molecule has 0 radical (unpaired) electrons. The van der Waals surface area contributed by atoms with Crippen molar-refractivity contribution in [2.75, 3.05) is 36.0 Å². The number of nitriles is 1. The van der Waals surface area contributed by atoms with E-state index in [1.807, 2.05) is 5.38 Å². The molecule has 0 amide bonds. The lowest BCUT2D eigenvalue weighted by Gasteiger charge is -2.24. The molecule has 2 heterocycles. The van der Waals surface area contributed by atoms with E-state index in [1.165, 1.54) is 0 Å². The Morgan fingerprint density at radius 1 is 1.09 bits per heavy atom. The van der Waals surface area contributed by atoms with Crippen molar-refractivity contribution >= 4 is 22.2 Å². The van der Waals surface area contributed by atoms with Gasteiger partial charge in [0.1, 0.15) is 5.69 Å². The van der Waals surface area contributed by atoms with Gasteiger partial charge in [-0.25, -0.2) is 13.8 Å². The average molecular weight is 320 g/mol. The van der Waals surface area contributed by atoms with E-state index in [2.05, 4.69) is 9.88 Å². The minimum absolute atomic E-state index is 0.00187. The van der Waals surface area contributed by atoms with Gasteiger partial charge in [0.2, 0.25) is 0 Å². The number of aromatic nitrogens is 1. The van der Waals surface area contributed by atoms with Crippen LogP contribution in [-0.2, 0) is 0 Å². The molecule has 0 saturated carbocycles. The van der Waals surface area contributed by atoms with Crippen LogP contribution in [0.5, 0.6) is 0 Å². The molecule has 1 fully saturated rings. The van der Waals surface area contributed by atoms with E-state index in [4.69, 9.17) is 5.26 Å². The number of halogens is 2. The molecule has 1 saturated heterocycles. The van der Waals surface area contributed by atoms with Crippen LogP contribution in [0, 0.1) is 23.0 Å². The van der Waals surface area contributed by atoms with Crippen molar-refractivity contribution < 1.29 is 8.78 Å². The summed E-state index contributed by atoms with van der Waals surface area (Å²) in [5.41, 5.74) is -0.0435. The summed E-state index contributed by atoms with van der Waals surface area (Å²) in [5.74, 6) is -1.36. The van der Waals surface area contributed by atoms with Crippen LogP contribution in [0.15, 0.2) is 23.7 Å². The maximum atomic E-state index is 14.1. The Bertz CT molecular complexity index is 673. The first kappa shape index (κ1) is 14.7. The summed E-state index contributed by atoms with van der Waals surface area (Å²) < 4.78 is 28.3. The highest BCUT2D eigenvalue weighted by molar-refractivity contribution is 7.13. The minimum atomic E-state index is -0.681. The SMILES string of the molecule is N#Cc1cc(F)c(N2CCCN(c3nccs3)CC2)c(F)c1. The summed E-state index contributed by atoms with van der Waals surface area (Å²) in [6.07, 6.45) is 2.54. The fourth-order valence-electron chi connectivity index (χ4n) is 2.64. The van der Waals surface area contributed by atoms with Gasteiger partial charge < -0.3 is 9.80 Å². The Labute approximate surface area is 131 Å². The number of hydrogen-bond acceptors (Lipinski definition) is 5. The first-order chi connectivity index (χ1) is 10.7. The van der Waals surface area contributed by atoms with Gasteiger partial charge in [-0.1, -0.05) is 0 Å². The van der Waals surface area contributed by atoms with E-state index >= 15 is 0 Å². The fourth-order valence-corrected chi connectivity index (χ4v) is 3.33. The molecule has 2 aromatic rings. The van der Waals surface area contributed by atoms with Crippen LogP contribution in [0.1, 0.15) is 12.0 Å². The number of benzene rings is 1. The van der Waals surface area contributed by atoms with Gasteiger partial charge >= 0.3 is 0 Å². The second kappa shape index (κ2) is 6.28. The minimum Gasteiger partial charge on any atom is -0.365 e. The molecule has 0 aliphatic carbocycles. The van der Waals surface area contributed by atoms with Crippen molar-refractivity contribution in [1.29, 1.82) is 5.26 Å². The Morgan fingerprint density at radius 3 is 2.41 bits per heavy atom. The molecule has 1 aromatic heterocycles. The van der Waals surface area contributed by atoms with Crippen LogP contribution in [0.4, 0.5) is 19.6 Å². The molecule has 0 N–H and O–H groups in total. The molecule has 7 heteroatoms. The Balaban J connectivity index is 1.81. The first-order valence-electron chi connectivity index (χ1n) is 6.97. The predicted molar refractivity (Wildman–Crippen MR) is 82.2 cm³/mol. The van der Waals surface area contributed by atoms with Crippen molar-refractivity contribution in [3.63, 3.8) is 0 Å². The zero-order chi connectivity index (χ0) is 15.5. The van der Waals surface area contributed by atoms with Gasteiger partial charge in [0.15, 0.2) is 16.8 Å². The third kappa shape index (κ3) is 2.88. The summed E-state index contributed by atoms with van der Waals surface area (Å²) in [6, 6.07) is 3.93. The van der Waals surface area contributed by atoms with Gasteiger partial charge in [-0.05, 0) is 18.6 Å². The second-order valence-electron chi connectivity index (χ2n) is 5.04. The molecule has 1 aromatic carbocycles. The van der Waals surface area contributed by atoms with Crippen LogP contribution >= 0.6 is 11.3 Å². The third-order valence-electron chi connectivity index (χ3n) is 3.65. The quantitative estimate of drug-likeness (QED) is 0.853. The normalized spacial score (nSPS) is 15.5. The number of rotatable bonds is 2. The maximum Gasteiger partial charge on any atom is 0.185 e. The highest BCUT2D eigenvalue weighted by Crippen LogP contribution is 2.27. The van der Waals surface area contributed by atoms with Crippen LogP contribution < -0.4 is 9.80 Å². The molecule has 22 heavy (non-hydrogen) atoms. The molecular weight excluding hydrogens is 306 g/mol. The van der Waals surface area contributed by atoms with Gasteiger partial charge in [0, 0.05) is 37.8 Å². The van der Waals surface area contributed by atoms with Crippen molar-refractivity contribution in [1.82, 2.24) is 4.98 Å². The number of hydrogen-bond donors (Lipinski definition) is 0. The zero-order valence-corrected chi connectivity index (χ0v) is 12.6. The van der Waals surface area contributed by atoms with E-state index in [9.17, 15) is 8.78 Å². The monoisotopic (exact) mass is 320 g/mol. The van der Waals surface area contributed by atoms with Gasteiger partial charge in [-0.3, -0.25) is 0 Å². The van der Waals surface area contributed by atoms with Crippen LogP contribution in [0.25, 0.3) is 0 Å². The molecule has 114 valence electrons. The van der Waals surface area contributed by atoms with E-state index < -0.39 is 11.6 Å². The predicted octanol–water partition coefficient (Wildman–Crippen LogP) is 3.01. The highest BCUT2D eigenvalue weighted by atomic mass is 32.1. The van der Waals surface area contributed by atoms with Gasteiger partial charge in [0.25, 0.3) is 0 Å². The van der Waals surface area contributed by atoms with E-state index in [0.29, 0.717) is 19.6 Å². The molecule has 0 bridgehead atoms. The summed E-state index contributed by atoms with van der Waals surface area (Å²) in [5, 5.41) is 11.6. The molecular formula is C15H14F2N4S. The Kier molecular flexibility index (Phi) is 4.20. The molecule has 1 aliphatic rings. The van der Waals surface area contributed by atoms with Gasteiger partial charge in [-0.15, -0.1) is 11.3 Å².